The normalized spacial score (nSPS) is 33.0. The number of carboxylic acids is 1. The summed E-state index contributed by atoms with van der Waals surface area (Å²) in [4.78, 5) is 52.4. The van der Waals surface area contributed by atoms with Gasteiger partial charge in [0.2, 0.25) is 0 Å². The van der Waals surface area contributed by atoms with Crippen molar-refractivity contribution in [1.29, 1.82) is 0 Å². The number of esters is 3. The molecule has 0 radical (unpaired) electrons. The van der Waals surface area contributed by atoms with Crippen molar-refractivity contribution >= 4 is 23.9 Å². The van der Waals surface area contributed by atoms with Gasteiger partial charge in [0, 0.05) is 74.4 Å². The van der Waals surface area contributed by atoms with Crippen molar-refractivity contribution in [3.8, 4) is 0 Å². The zero-order valence-electron chi connectivity index (χ0n) is 35.2. The van der Waals surface area contributed by atoms with Crippen LogP contribution >= 0.6 is 0 Å². The highest BCUT2D eigenvalue weighted by Crippen LogP contribution is 2.39. The van der Waals surface area contributed by atoms with Gasteiger partial charge in [-0.05, 0) is 82.7 Å². The van der Waals surface area contributed by atoms with E-state index in [1.165, 1.54) is 21.3 Å². The zero-order valence-corrected chi connectivity index (χ0v) is 35.2. The number of ether oxygens (including phenoxy) is 3. The van der Waals surface area contributed by atoms with Gasteiger partial charge in [-0.3, -0.25) is 4.90 Å². The maximum Gasteiger partial charge on any atom is 0.333 e. The van der Waals surface area contributed by atoms with Gasteiger partial charge in [0.25, 0.3) is 0 Å². The highest BCUT2D eigenvalue weighted by molar-refractivity contribution is 5.90. The molecule has 0 aromatic carbocycles. The van der Waals surface area contributed by atoms with E-state index >= 15 is 0 Å². The molecular weight excluding hydrogens is 752 g/mol. The van der Waals surface area contributed by atoms with Crippen molar-refractivity contribution in [3.63, 3.8) is 0 Å². The second-order valence-electron chi connectivity index (χ2n) is 14.9. The summed E-state index contributed by atoms with van der Waals surface area (Å²) >= 11 is 0. The lowest BCUT2D eigenvalue weighted by atomic mass is 9.83. The summed E-state index contributed by atoms with van der Waals surface area (Å²) in [7, 11) is 11.6. The highest BCUT2D eigenvalue weighted by atomic mass is 16.5. The molecule has 0 spiro atoms. The Hall–Kier alpha value is -4.78. The Morgan fingerprint density at radius 2 is 1.03 bits per heavy atom. The van der Waals surface area contributed by atoms with Gasteiger partial charge in [-0.25, -0.2) is 19.2 Å². The van der Waals surface area contributed by atoms with Crippen LogP contribution in [-0.2, 0) is 33.4 Å². The van der Waals surface area contributed by atoms with Crippen LogP contribution in [0.25, 0.3) is 20.9 Å². The molecule has 0 aromatic rings. The lowest BCUT2D eigenvalue weighted by molar-refractivity contribution is -0.137. The first-order valence-electron chi connectivity index (χ1n) is 19.1. The fraction of sp³-hybridized carbons (Fsp3) is 0.684. The maximum absolute atomic E-state index is 11.4. The number of rotatable bonds is 9. The Labute approximate surface area is 340 Å². The number of carboxylic acid groups (broad SMARTS) is 1. The first kappa shape index (κ1) is 49.4. The Kier molecular flexibility index (Phi) is 20.1. The number of nitrogens with one attached hydrogen (secondary N) is 3. The molecule has 1 saturated heterocycles. The van der Waals surface area contributed by atoms with Crippen LogP contribution in [0.2, 0.25) is 0 Å². The van der Waals surface area contributed by atoms with Gasteiger partial charge in [0.15, 0.2) is 0 Å². The van der Waals surface area contributed by atoms with Crippen LogP contribution in [-0.4, -0.2) is 138 Å². The van der Waals surface area contributed by atoms with Crippen LogP contribution in [0, 0.1) is 17.8 Å². The van der Waals surface area contributed by atoms with E-state index in [9.17, 15) is 19.2 Å². The summed E-state index contributed by atoms with van der Waals surface area (Å²) in [5, 5.41) is 25.6. The third-order valence-corrected chi connectivity index (χ3v) is 11.2. The third kappa shape index (κ3) is 13.1. The largest absolute Gasteiger partial charge is 0.478 e. The smallest absolute Gasteiger partial charge is 0.333 e. The predicted molar refractivity (Wildman–Crippen MR) is 218 cm³/mol. The summed E-state index contributed by atoms with van der Waals surface area (Å²) < 4.78 is 14.0. The van der Waals surface area contributed by atoms with E-state index in [2.05, 4.69) is 55.1 Å². The van der Waals surface area contributed by atoms with E-state index in [1.807, 2.05) is 67.2 Å². The minimum absolute atomic E-state index is 0.0194. The van der Waals surface area contributed by atoms with Gasteiger partial charge >= 0.3 is 23.9 Å². The van der Waals surface area contributed by atoms with E-state index in [0.29, 0.717) is 48.0 Å². The second-order valence-corrected chi connectivity index (χ2v) is 14.9. The predicted octanol–water partition coefficient (Wildman–Crippen LogP) is 2.24. The molecule has 20 nitrogen and oxygen atoms in total. The summed E-state index contributed by atoms with van der Waals surface area (Å²) in [6.07, 6.45) is 9.43. The van der Waals surface area contributed by atoms with Crippen LogP contribution in [0.1, 0.15) is 46.5 Å². The molecule has 20 heteroatoms. The summed E-state index contributed by atoms with van der Waals surface area (Å²) in [5.74, 6) is -1.22. The fourth-order valence-electron chi connectivity index (χ4n) is 8.20. The van der Waals surface area contributed by atoms with Crippen LogP contribution in [0.15, 0.2) is 56.8 Å². The number of methoxy groups -OCH3 is 3. The van der Waals surface area contributed by atoms with Gasteiger partial charge in [-0.1, -0.05) is 55.3 Å². The Morgan fingerprint density at radius 3 is 1.43 bits per heavy atom. The van der Waals surface area contributed by atoms with E-state index in [1.54, 1.807) is 6.08 Å². The van der Waals surface area contributed by atoms with Gasteiger partial charge in [0.05, 0.1) is 33.4 Å². The molecule has 1 fully saturated rings. The van der Waals surface area contributed by atoms with Crippen molar-refractivity contribution in [1.82, 2.24) is 20.9 Å². The number of aliphatic carboxylic acids is 1. The maximum atomic E-state index is 11.4. The van der Waals surface area contributed by atoms with E-state index in [0.717, 1.165) is 0 Å². The quantitative estimate of drug-likeness (QED) is 0.0486. The number of carbonyl (C=O) groups is 4. The molecule has 4 aliphatic carbocycles. The molecule has 5 rings (SSSR count). The number of hydrogen-bond acceptors (Lipinski definition) is 15. The summed E-state index contributed by atoms with van der Waals surface area (Å²) in [6.45, 7) is 6.00. The lowest BCUT2D eigenvalue weighted by Gasteiger charge is -2.32. The average molecular weight is 815 g/mol. The van der Waals surface area contributed by atoms with E-state index < -0.39 is 5.97 Å². The van der Waals surface area contributed by atoms with Crippen molar-refractivity contribution in [3.05, 3.63) is 67.5 Å². The third-order valence-electron chi connectivity index (χ3n) is 11.2. The molecule has 0 saturated carbocycles. The number of hydrogen-bond donors (Lipinski definition) is 6. The molecule has 58 heavy (non-hydrogen) atoms. The molecule has 1 heterocycles. The SMILES string of the molecule is CNC1C(N)CC(C(=O)O)=C[C@H]1C.CNC1C(N)CC(C(=O)OC)=C[C@H]1C.CNC1C(N=[N+]=[N-])CC(C(=O)OC)=C[C@H]1C.COC(=O)C1=CC2C(C(N=[N+]=[N-])C1)N2C. The van der Waals surface area contributed by atoms with Gasteiger partial charge in [-0.2, -0.15) is 0 Å². The number of fused-ring (bicyclic) bond motifs is 1. The van der Waals surface area contributed by atoms with Crippen LogP contribution < -0.4 is 27.4 Å². The molecule has 0 bridgehead atoms. The first-order chi connectivity index (χ1) is 27.5. The second kappa shape index (κ2) is 23.6. The molecule has 13 atom stereocenters. The highest BCUT2D eigenvalue weighted by Gasteiger charge is 2.51. The molecule has 0 aromatic heterocycles. The molecule has 8 N–H and O–H groups in total. The summed E-state index contributed by atoms with van der Waals surface area (Å²) in [5.41, 5.74) is 31.0. The van der Waals surface area contributed by atoms with Crippen molar-refractivity contribution < 1.29 is 38.5 Å². The Morgan fingerprint density at radius 1 is 0.672 bits per heavy atom. The van der Waals surface area contributed by atoms with Crippen LogP contribution in [0.3, 0.4) is 0 Å². The van der Waals surface area contributed by atoms with Gasteiger partial charge < -0.3 is 46.7 Å². The minimum atomic E-state index is -0.850. The van der Waals surface area contributed by atoms with E-state index in [-0.39, 0.29) is 90.0 Å². The van der Waals surface area contributed by atoms with Crippen molar-refractivity contribution in [2.75, 3.05) is 49.5 Å². The fourth-order valence-corrected chi connectivity index (χ4v) is 8.20. The first-order valence-corrected chi connectivity index (χ1v) is 19.1. The molecular formula is C38H62N12O8. The minimum Gasteiger partial charge on any atom is -0.478 e. The number of likely N-dealkylation sites (N-methyl/N-ethyl adjacent to an activating group) is 4. The number of nitrogens with two attached hydrogens (primary N) is 2. The topological polar surface area (TPSA) is 305 Å². The molecule has 322 valence electrons. The van der Waals surface area contributed by atoms with Gasteiger partial charge in [-0.15, -0.1) is 0 Å². The average Bonchev–Trinajstić information content (AvgIpc) is 3.86. The van der Waals surface area contributed by atoms with E-state index in [4.69, 9.17) is 27.6 Å². The lowest BCUT2D eigenvalue weighted by Crippen LogP contribution is -2.50. The number of carbonyl (C=O) groups excluding carboxylic acids is 3. The molecule has 1 aliphatic heterocycles. The Balaban J connectivity index is 0.000000267. The molecule has 5 aliphatic rings. The number of azide groups is 2. The van der Waals surface area contributed by atoms with Crippen molar-refractivity contribution in [2.24, 2.45) is 39.4 Å². The van der Waals surface area contributed by atoms with Crippen LogP contribution in [0.5, 0.6) is 0 Å². The Bertz CT molecular complexity index is 1690. The summed E-state index contributed by atoms with van der Waals surface area (Å²) in [6, 6.07) is 0.451. The van der Waals surface area contributed by atoms with Crippen LogP contribution in [0.4, 0.5) is 0 Å². The standard InChI is InChI=1S/C10H16N4O2.C10H18N2O2.C9H12N4O2.C9H16N2O2/c1-6-4-7(10(15)16-3)5-8(13-14-11)9(6)12-2;1-6-4-7(10(13)14-3)5-8(11)9(6)12-2;1-13-7-4-5(9(14)15-2)3-6(8(7)13)11-12-10;1-5-3-6(9(12)13)4-7(10)8(5)11-2/h4,6,8-9,12H,5H2,1-3H3;4,6,8-9,12H,5,11H2,1-3H3;4,6-8H,3H2,1-2H3;3,5,7-8,11H,4,10H2,1-2H3,(H,12,13)/t2*6-,8?,9?;;5-,7?,8?/m11.1/s1. The zero-order chi connectivity index (χ0) is 43.9. The molecule has 0 amide bonds. The van der Waals surface area contributed by atoms with Crippen molar-refractivity contribution in [2.45, 2.75) is 101 Å². The van der Waals surface area contributed by atoms with Gasteiger partial charge in [0.1, 0.15) is 0 Å². The monoisotopic (exact) mass is 814 g/mol. The number of nitrogens with zero attached hydrogens (tertiary/aromatic N) is 7. The molecule has 10 unspecified atom stereocenters.